The summed E-state index contributed by atoms with van der Waals surface area (Å²) in [5.41, 5.74) is 12.9. The smallest absolute Gasteiger partial charge is 0.250 e. The van der Waals surface area contributed by atoms with Crippen LogP contribution in [0.3, 0.4) is 0 Å². The maximum Gasteiger partial charge on any atom is 0.250 e. The van der Waals surface area contributed by atoms with Gasteiger partial charge in [0.2, 0.25) is 0 Å². The van der Waals surface area contributed by atoms with Crippen molar-refractivity contribution >= 4 is 17.3 Å². The van der Waals surface area contributed by atoms with Crippen LogP contribution < -0.4 is 16.8 Å². The first-order chi connectivity index (χ1) is 8.97. The molecule has 0 spiro atoms. The van der Waals surface area contributed by atoms with Crippen molar-refractivity contribution in [3.8, 4) is 0 Å². The second-order valence-corrected chi connectivity index (χ2v) is 5.78. The van der Waals surface area contributed by atoms with E-state index < -0.39 is 5.91 Å². The van der Waals surface area contributed by atoms with Gasteiger partial charge in [-0.1, -0.05) is 13.8 Å². The SMILES string of the molecule is CC1CCC(Nc2ccc(N)cc2C(N)=O)CC1C. The van der Waals surface area contributed by atoms with Crippen molar-refractivity contribution in [1.82, 2.24) is 0 Å². The number of nitrogen functional groups attached to an aromatic ring is 1. The minimum atomic E-state index is -0.438. The molecule has 4 nitrogen and oxygen atoms in total. The Morgan fingerprint density at radius 2 is 2.00 bits per heavy atom. The van der Waals surface area contributed by atoms with Gasteiger partial charge < -0.3 is 16.8 Å². The number of hydrogen-bond acceptors (Lipinski definition) is 3. The van der Waals surface area contributed by atoms with Gasteiger partial charge in [0, 0.05) is 17.4 Å². The molecule has 19 heavy (non-hydrogen) atoms. The first-order valence-corrected chi connectivity index (χ1v) is 6.93. The summed E-state index contributed by atoms with van der Waals surface area (Å²) in [7, 11) is 0. The van der Waals surface area contributed by atoms with Gasteiger partial charge in [-0.05, 0) is 49.3 Å². The molecule has 1 amide bonds. The van der Waals surface area contributed by atoms with Gasteiger partial charge in [0.15, 0.2) is 0 Å². The van der Waals surface area contributed by atoms with Crippen LogP contribution in [0.1, 0.15) is 43.5 Å². The number of carbonyl (C=O) groups excluding carboxylic acids is 1. The predicted molar refractivity (Wildman–Crippen MR) is 79.0 cm³/mol. The molecule has 1 aromatic carbocycles. The summed E-state index contributed by atoms with van der Waals surface area (Å²) in [4.78, 5) is 11.5. The van der Waals surface area contributed by atoms with Crippen molar-refractivity contribution in [1.29, 1.82) is 0 Å². The van der Waals surface area contributed by atoms with Crippen molar-refractivity contribution in [3.63, 3.8) is 0 Å². The van der Waals surface area contributed by atoms with Crippen molar-refractivity contribution < 1.29 is 4.79 Å². The Morgan fingerprint density at radius 1 is 1.26 bits per heavy atom. The van der Waals surface area contributed by atoms with E-state index in [1.807, 2.05) is 6.07 Å². The first kappa shape index (κ1) is 13.7. The van der Waals surface area contributed by atoms with Crippen LogP contribution >= 0.6 is 0 Å². The first-order valence-electron chi connectivity index (χ1n) is 6.93. The van der Waals surface area contributed by atoms with E-state index in [1.165, 1.54) is 6.42 Å². The minimum absolute atomic E-state index is 0.410. The Balaban J connectivity index is 2.13. The molecule has 0 bridgehead atoms. The molecule has 1 aliphatic carbocycles. The Kier molecular flexibility index (Phi) is 3.98. The van der Waals surface area contributed by atoms with Crippen LogP contribution in [0.4, 0.5) is 11.4 Å². The topological polar surface area (TPSA) is 81.1 Å². The van der Waals surface area contributed by atoms with Crippen LogP contribution in [0, 0.1) is 11.8 Å². The molecule has 0 aromatic heterocycles. The zero-order chi connectivity index (χ0) is 14.0. The third kappa shape index (κ3) is 3.19. The number of benzene rings is 1. The lowest BCUT2D eigenvalue weighted by Gasteiger charge is -2.33. The monoisotopic (exact) mass is 261 g/mol. The summed E-state index contributed by atoms with van der Waals surface area (Å²) in [6.07, 6.45) is 3.48. The molecule has 1 fully saturated rings. The number of anilines is 2. The molecule has 0 heterocycles. The molecule has 104 valence electrons. The summed E-state index contributed by atoms with van der Waals surface area (Å²) < 4.78 is 0. The van der Waals surface area contributed by atoms with E-state index in [0.29, 0.717) is 23.2 Å². The number of amides is 1. The highest BCUT2D eigenvalue weighted by atomic mass is 16.1. The average Bonchev–Trinajstić information content (AvgIpc) is 2.36. The quantitative estimate of drug-likeness (QED) is 0.731. The second-order valence-electron chi connectivity index (χ2n) is 5.78. The van der Waals surface area contributed by atoms with E-state index in [-0.39, 0.29) is 0 Å². The van der Waals surface area contributed by atoms with E-state index in [4.69, 9.17) is 11.5 Å². The molecule has 3 atom stereocenters. The van der Waals surface area contributed by atoms with Gasteiger partial charge in [0.05, 0.1) is 5.56 Å². The van der Waals surface area contributed by atoms with Gasteiger partial charge in [-0.3, -0.25) is 4.79 Å². The lowest BCUT2D eigenvalue weighted by Crippen LogP contribution is -2.31. The fraction of sp³-hybridized carbons (Fsp3) is 0.533. The number of nitrogens with two attached hydrogens (primary N) is 2. The van der Waals surface area contributed by atoms with Crippen molar-refractivity contribution in [2.24, 2.45) is 17.6 Å². The maximum absolute atomic E-state index is 11.5. The summed E-state index contributed by atoms with van der Waals surface area (Å²) in [6.45, 7) is 4.59. The summed E-state index contributed by atoms with van der Waals surface area (Å²) in [5, 5.41) is 3.45. The van der Waals surface area contributed by atoms with E-state index in [0.717, 1.165) is 24.4 Å². The van der Waals surface area contributed by atoms with Crippen LogP contribution in [0.2, 0.25) is 0 Å². The molecule has 4 heteroatoms. The van der Waals surface area contributed by atoms with Crippen LogP contribution in [0.15, 0.2) is 18.2 Å². The molecule has 1 aliphatic rings. The van der Waals surface area contributed by atoms with E-state index in [1.54, 1.807) is 12.1 Å². The fourth-order valence-corrected chi connectivity index (χ4v) is 2.79. The lowest BCUT2D eigenvalue weighted by molar-refractivity contribution is 0.100. The fourth-order valence-electron chi connectivity index (χ4n) is 2.79. The summed E-state index contributed by atoms with van der Waals surface area (Å²) in [5.74, 6) is 1.05. The molecule has 1 aromatic rings. The van der Waals surface area contributed by atoms with Gasteiger partial charge in [-0.2, -0.15) is 0 Å². The Bertz CT molecular complexity index is 472. The van der Waals surface area contributed by atoms with Crippen molar-refractivity contribution in [3.05, 3.63) is 23.8 Å². The van der Waals surface area contributed by atoms with Gasteiger partial charge in [-0.25, -0.2) is 0 Å². The highest BCUT2D eigenvalue weighted by Gasteiger charge is 2.25. The van der Waals surface area contributed by atoms with Gasteiger partial charge in [-0.15, -0.1) is 0 Å². The normalized spacial score (nSPS) is 26.9. The van der Waals surface area contributed by atoms with Crippen molar-refractivity contribution in [2.75, 3.05) is 11.1 Å². The third-order valence-electron chi connectivity index (χ3n) is 4.27. The molecule has 0 aliphatic heterocycles. The summed E-state index contributed by atoms with van der Waals surface area (Å²) in [6, 6.07) is 5.69. The van der Waals surface area contributed by atoms with E-state index in [2.05, 4.69) is 19.2 Å². The maximum atomic E-state index is 11.5. The molecule has 3 unspecified atom stereocenters. The molecule has 2 rings (SSSR count). The van der Waals surface area contributed by atoms with Crippen LogP contribution in [-0.2, 0) is 0 Å². The number of primary amides is 1. The standard InChI is InChI=1S/C15H23N3O/c1-9-3-5-12(7-10(9)2)18-14-6-4-11(16)8-13(14)15(17)19/h4,6,8-10,12,18H,3,5,7,16H2,1-2H3,(H2,17,19). The molecule has 0 radical (unpaired) electrons. The molecular formula is C15H23N3O. The molecular weight excluding hydrogens is 238 g/mol. The number of carbonyl (C=O) groups is 1. The van der Waals surface area contributed by atoms with E-state index in [9.17, 15) is 4.79 Å². The highest BCUT2D eigenvalue weighted by Crippen LogP contribution is 2.31. The van der Waals surface area contributed by atoms with Crippen LogP contribution in [0.25, 0.3) is 0 Å². The highest BCUT2D eigenvalue weighted by molar-refractivity contribution is 5.99. The average molecular weight is 261 g/mol. The number of nitrogens with one attached hydrogen (secondary N) is 1. The zero-order valence-electron chi connectivity index (χ0n) is 11.6. The lowest BCUT2D eigenvalue weighted by atomic mass is 9.79. The zero-order valence-corrected chi connectivity index (χ0v) is 11.6. The van der Waals surface area contributed by atoms with E-state index >= 15 is 0 Å². The van der Waals surface area contributed by atoms with Crippen molar-refractivity contribution in [2.45, 2.75) is 39.2 Å². The third-order valence-corrected chi connectivity index (χ3v) is 4.27. The van der Waals surface area contributed by atoms with Gasteiger partial charge in [0.25, 0.3) is 5.91 Å². The van der Waals surface area contributed by atoms with Gasteiger partial charge >= 0.3 is 0 Å². The molecule has 0 saturated heterocycles. The summed E-state index contributed by atoms with van der Waals surface area (Å²) >= 11 is 0. The minimum Gasteiger partial charge on any atom is -0.399 e. The molecule has 1 saturated carbocycles. The largest absolute Gasteiger partial charge is 0.399 e. The molecule has 5 N–H and O–H groups in total. The number of rotatable bonds is 3. The Hall–Kier alpha value is -1.71. The van der Waals surface area contributed by atoms with Gasteiger partial charge in [0.1, 0.15) is 0 Å². The Morgan fingerprint density at radius 3 is 2.63 bits per heavy atom. The van der Waals surface area contributed by atoms with Crippen LogP contribution in [-0.4, -0.2) is 11.9 Å². The second kappa shape index (κ2) is 5.51. The Labute approximate surface area is 114 Å². The predicted octanol–water partition coefficient (Wildman–Crippen LogP) is 2.60. The van der Waals surface area contributed by atoms with Crippen LogP contribution in [0.5, 0.6) is 0 Å². The number of hydrogen-bond donors (Lipinski definition) is 3.